The maximum Gasteiger partial charge on any atom is 0.282 e. The minimum absolute atomic E-state index is 0.0631. The Morgan fingerprint density at radius 1 is 0.971 bits per heavy atom. The minimum atomic E-state index is -1.91. The molecule has 0 bridgehead atoms. The highest BCUT2D eigenvalue weighted by Crippen LogP contribution is 2.22. The molecule has 7 nitrogen and oxygen atoms in total. The lowest BCUT2D eigenvalue weighted by molar-refractivity contribution is -0.385. The second-order valence-electron chi connectivity index (χ2n) is 11.0. The van der Waals surface area contributed by atoms with Crippen LogP contribution in [0, 0.1) is 10.1 Å². The van der Waals surface area contributed by atoms with E-state index >= 15 is 0 Å². The van der Waals surface area contributed by atoms with Gasteiger partial charge in [-0.2, -0.15) is 0 Å². The highest BCUT2D eigenvalue weighted by Gasteiger charge is 2.32. The molecule has 1 N–H and O–H groups in total. The zero-order valence-electron chi connectivity index (χ0n) is 22.3. The summed E-state index contributed by atoms with van der Waals surface area (Å²) in [6.45, 7) is 15.3. The van der Waals surface area contributed by atoms with Crippen LogP contribution in [0.2, 0.25) is 39.3 Å². The van der Waals surface area contributed by atoms with Crippen molar-refractivity contribution in [3.8, 4) is 0 Å². The fourth-order valence-corrected chi connectivity index (χ4v) is 5.62. The van der Waals surface area contributed by atoms with Gasteiger partial charge in [-0.1, -0.05) is 64.0 Å². The lowest BCUT2D eigenvalue weighted by Gasteiger charge is -2.34. The first-order valence-corrected chi connectivity index (χ1v) is 19.5. The summed E-state index contributed by atoms with van der Waals surface area (Å²) in [6.07, 6.45) is 9.06. The van der Waals surface area contributed by atoms with E-state index in [1.807, 2.05) is 0 Å². The predicted octanol–water partition coefficient (Wildman–Crippen LogP) is 6.91. The summed E-state index contributed by atoms with van der Waals surface area (Å²) in [4.78, 5) is 24.1. The molecule has 9 heteroatoms. The van der Waals surface area contributed by atoms with Crippen LogP contribution in [0.15, 0.2) is 24.3 Å². The molecule has 2 atom stereocenters. The van der Waals surface area contributed by atoms with Crippen molar-refractivity contribution in [2.24, 2.45) is 0 Å². The fourth-order valence-electron chi connectivity index (χ4n) is 3.75. The number of rotatable bonds is 17. The van der Waals surface area contributed by atoms with Crippen LogP contribution in [0.4, 0.5) is 5.69 Å². The third-order valence-electron chi connectivity index (χ3n) is 5.40. The number of carbonyl (C=O) groups excluding carboxylic acids is 1. The molecule has 0 fully saturated rings. The molecule has 34 heavy (non-hydrogen) atoms. The van der Waals surface area contributed by atoms with Gasteiger partial charge in [0, 0.05) is 6.07 Å². The van der Waals surface area contributed by atoms with E-state index in [1.165, 1.54) is 44.2 Å². The molecule has 0 aliphatic rings. The minimum Gasteiger partial charge on any atom is -0.415 e. The Morgan fingerprint density at radius 3 is 2.12 bits per heavy atom. The van der Waals surface area contributed by atoms with E-state index in [1.54, 1.807) is 12.1 Å². The first kappa shape index (κ1) is 30.5. The maximum atomic E-state index is 13.1. The van der Waals surface area contributed by atoms with E-state index in [0.717, 1.165) is 19.3 Å². The molecular weight excluding hydrogens is 464 g/mol. The largest absolute Gasteiger partial charge is 0.415 e. The molecular formula is C25H46N2O5Si2. The third-order valence-corrected chi connectivity index (χ3v) is 7.45. The first-order chi connectivity index (χ1) is 15.8. The molecule has 1 amide bonds. The van der Waals surface area contributed by atoms with E-state index in [-0.39, 0.29) is 23.4 Å². The SMILES string of the molecule is CCCCCCCCCC(O[Si](C)(C)C)C(CO[Si](C)(C)C)NC(=O)c1ccccc1[N+](=O)[O-]. The molecule has 194 valence electrons. The van der Waals surface area contributed by atoms with Gasteiger partial charge < -0.3 is 14.2 Å². The number of nitro benzene ring substituents is 1. The number of para-hydroxylation sites is 1. The van der Waals surface area contributed by atoms with Crippen LogP contribution < -0.4 is 5.32 Å². The molecule has 2 unspecified atom stereocenters. The van der Waals surface area contributed by atoms with Gasteiger partial charge in [-0.05, 0) is 51.8 Å². The van der Waals surface area contributed by atoms with Gasteiger partial charge in [-0.15, -0.1) is 0 Å². The molecule has 1 rings (SSSR count). The summed E-state index contributed by atoms with van der Waals surface area (Å²) >= 11 is 0. The van der Waals surface area contributed by atoms with E-state index in [4.69, 9.17) is 8.85 Å². The van der Waals surface area contributed by atoms with Crippen LogP contribution in [0.1, 0.15) is 68.6 Å². The molecule has 0 saturated heterocycles. The zero-order chi connectivity index (χ0) is 25.8. The molecule has 1 aromatic carbocycles. The number of unbranched alkanes of at least 4 members (excludes halogenated alkanes) is 6. The molecule has 0 aliphatic heterocycles. The van der Waals surface area contributed by atoms with Crippen molar-refractivity contribution in [2.75, 3.05) is 6.61 Å². The van der Waals surface area contributed by atoms with Crippen molar-refractivity contribution in [3.63, 3.8) is 0 Å². The van der Waals surface area contributed by atoms with Gasteiger partial charge in [0.15, 0.2) is 16.6 Å². The lowest BCUT2D eigenvalue weighted by Crippen LogP contribution is -2.52. The van der Waals surface area contributed by atoms with Crippen molar-refractivity contribution < 1.29 is 18.6 Å². The van der Waals surface area contributed by atoms with Gasteiger partial charge in [0.2, 0.25) is 0 Å². The predicted molar refractivity (Wildman–Crippen MR) is 144 cm³/mol. The van der Waals surface area contributed by atoms with Crippen molar-refractivity contribution in [3.05, 3.63) is 39.9 Å². The Labute approximate surface area is 208 Å². The normalized spacial score (nSPS) is 14.0. The fraction of sp³-hybridized carbons (Fsp3) is 0.720. The van der Waals surface area contributed by atoms with Crippen molar-refractivity contribution >= 4 is 28.2 Å². The van der Waals surface area contributed by atoms with Gasteiger partial charge in [0.25, 0.3) is 11.6 Å². The van der Waals surface area contributed by atoms with Gasteiger partial charge >= 0.3 is 0 Å². The Bertz CT molecular complexity index is 762. The first-order valence-electron chi connectivity index (χ1n) is 12.7. The number of nitrogens with one attached hydrogen (secondary N) is 1. The number of amides is 1. The lowest BCUT2D eigenvalue weighted by atomic mass is 10.0. The van der Waals surface area contributed by atoms with Crippen LogP contribution in [0.25, 0.3) is 0 Å². The number of hydrogen-bond acceptors (Lipinski definition) is 5. The molecule has 0 radical (unpaired) electrons. The molecule has 0 saturated carbocycles. The molecule has 0 aliphatic carbocycles. The summed E-state index contributed by atoms with van der Waals surface area (Å²) in [7, 11) is -3.75. The van der Waals surface area contributed by atoms with Crippen LogP contribution >= 0.6 is 0 Å². The van der Waals surface area contributed by atoms with E-state index < -0.39 is 27.5 Å². The summed E-state index contributed by atoms with van der Waals surface area (Å²) in [5, 5.41) is 14.5. The Kier molecular flexibility index (Phi) is 13.2. The second-order valence-corrected chi connectivity index (χ2v) is 19.9. The third kappa shape index (κ3) is 12.8. The topological polar surface area (TPSA) is 90.7 Å². The number of hydrogen-bond donors (Lipinski definition) is 1. The van der Waals surface area contributed by atoms with Gasteiger partial charge in [-0.25, -0.2) is 0 Å². The van der Waals surface area contributed by atoms with Crippen LogP contribution in [-0.2, 0) is 8.85 Å². The monoisotopic (exact) mass is 510 g/mol. The molecule has 0 spiro atoms. The average molecular weight is 511 g/mol. The summed E-state index contributed by atoms with van der Waals surface area (Å²) in [5.74, 6) is -0.458. The Morgan fingerprint density at radius 2 is 1.56 bits per heavy atom. The van der Waals surface area contributed by atoms with Crippen molar-refractivity contribution in [1.29, 1.82) is 0 Å². The number of nitrogens with zero attached hydrogens (tertiary/aromatic N) is 1. The molecule has 0 aromatic heterocycles. The van der Waals surface area contributed by atoms with Crippen LogP contribution in [-0.4, -0.2) is 46.2 Å². The van der Waals surface area contributed by atoms with E-state index in [0.29, 0.717) is 6.61 Å². The van der Waals surface area contributed by atoms with E-state index in [9.17, 15) is 14.9 Å². The Hall–Kier alpha value is -1.56. The smallest absolute Gasteiger partial charge is 0.282 e. The maximum absolute atomic E-state index is 13.1. The summed E-state index contributed by atoms with van der Waals surface area (Å²) in [6, 6.07) is 5.69. The highest BCUT2D eigenvalue weighted by molar-refractivity contribution is 6.70. The van der Waals surface area contributed by atoms with Crippen molar-refractivity contribution in [2.45, 2.75) is 110 Å². The van der Waals surface area contributed by atoms with Gasteiger partial charge in [-0.3, -0.25) is 14.9 Å². The zero-order valence-corrected chi connectivity index (χ0v) is 24.3. The quantitative estimate of drug-likeness (QED) is 0.106. The van der Waals surface area contributed by atoms with Gasteiger partial charge in [0.1, 0.15) is 5.56 Å². The summed E-state index contributed by atoms with van der Waals surface area (Å²) in [5.41, 5.74) is -0.132. The molecule has 1 aromatic rings. The number of carbonyl (C=O) groups is 1. The van der Waals surface area contributed by atoms with Crippen LogP contribution in [0.3, 0.4) is 0 Å². The number of nitro groups is 1. The second kappa shape index (κ2) is 14.8. The number of benzene rings is 1. The van der Waals surface area contributed by atoms with Crippen molar-refractivity contribution in [1.82, 2.24) is 5.32 Å². The average Bonchev–Trinajstić information content (AvgIpc) is 2.73. The van der Waals surface area contributed by atoms with E-state index in [2.05, 4.69) is 51.5 Å². The summed E-state index contributed by atoms with van der Waals surface area (Å²) < 4.78 is 12.7. The van der Waals surface area contributed by atoms with Gasteiger partial charge in [0.05, 0.1) is 23.7 Å². The molecule has 0 heterocycles. The highest BCUT2D eigenvalue weighted by atomic mass is 28.4. The standard InChI is InChI=1S/C25H46N2O5Si2/c1-8-9-10-11-12-13-14-19-24(32-34(5,6)7)22(20-31-33(2,3)4)26-25(28)21-17-15-16-18-23(21)27(29)30/h15-18,22,24H,8-14,19-20H2,1-7H3,(H,26,28). The Balaban J connectivity index is 3.01. The van der Waals surface area contributed by atoms with Crippen LogP contribution in [0.5, 0.6) is 0 Å².